The second kappa shape index (κ2) is 6.36. The molecule has 0 spiro atoms. The lowest BCUT2D eigenvalue weighted by atomic mass is 10.1. The molecule has 0 atom stereocenters. The lowest BCUT2D eigenvalue weighted by molar-refractivity contribution is 0.201. The highest BCUT2D eigenvalue weighted by atomic mass is 35.5. The van der Waals surface area contributed by atoms with Crippen LogP contribution in [0.4, 0.5) is 4.39 Å². The van der Waals surface area contributed by atoms with Gasteiger partial charge in [0.15, 0.2) is 0 Å². The average molecular weight is 256 g/mol. The van der Waals surface area contributed by atoms with Crippen molar-refractivity contribution in [2.75, 3.05) is 12.4 Å². The molecule has 0 N–H and O–H groups in total. The van der Waals surface area contributed by atoms with E-state index in [0.717, 1.165) is 18.7 Å². The monoisotopic (exact) mass is 255 g/mol. The third-order valence-electron chi connectivity index (χ3n) is 3.49. The maximum atomic E-state index is 13.1. The van der Waals surface area contributed by atoms with Gasteiger partial charge in [-0.3, -0.25) is 4.90 Å². The fourth-order valence-corrected chi connectivity index (χ4v) is 2.86. The van der Waals surface area contributed by atoms with Gasteiger partial charge in [0.1, 0.15) is 5.82 Å². The van der Waals surface area contributed by atoms with Gasteiger partial charge in [0.2, 0.25) is 0 Å². The summed E-state index contributed by atoms with van der Waals surface area (Å²) in [5.41, 5.74) is 1.04. The molecular weight excluding hydrogens is 237 g/mol. The Bertz CT molecular complexity index is 350. The average Bonchev–Trinajstić information content (AvgIpc) is 2.82. The smallest absolute Gasteiger partial charge is 0.123 e. The van der Waals surface area contributed by atoms with Crippen molar-refractivity contribution in [1.82, 2.24) is 4.90 Å². The van der Waals surface area contributed by atoms with Gasteiger partial charge < -0.3 is 0 Å². The second-order valence-electron chi connectivity index (χ2n) is 4.73. The van der Waals surface area contributed by atoms with Crippen molar-refractivity contribution in [1.29, 1.82) is 0 Å². The van der Waals surface area contributed by atoms with Crippen molar-refractivity contribution in [2.24, 2.45) is 0 Å². The van der Waals surface area contributed by atoms with Gasteiger partial charge in [0, 0.05) is 25.0 Å². The predicted molar refractivity (Wildman–Crippen MR) is 69.8 cm³/mol. The molecule has 0 unspecified atom stereocenters. The van der Waals surface area contributed by atoms with Gasteiger partial charge in [-0.05, 0) is 30.5 Å². The molecule has 1 aliphatic carbocycles. The highest BCUT2D eigenvalue weighted by Gasteiger charge is 2.22. The van der Waals surface area contributed by atoms with E-state index in [0.29, 0.717) is 11.9 Å². The number of rotatable bonds is 5. The highest BCUT2D eigenvalue weighted by molar-refractivity contribution is 6.18. The summed E-state index contributed by atoms with van der Waals surface area (Å²) in [4.78, 5) is 2.40. The van der Waals surface area contributed by atoms with E-state index in [4.69, 9.17) is 11.6 Å². The van der Waals surface area contributed by atoms with Crippen molar-refractivity contribution in [3.8, 4) is 0 Å². The zero-order chi connectivity index (χ0) is 12.1. The molecule has 1 nitrogen and oxygen atoms in total. The van der Waals surface area contributed by atoms with Crippen molar-refractivity contribution >= 4 is 11.6 Å². The van der Waals surface area contributed by atoms with Crippen LogP contribution in [0.15, 0.2) is 24.3 Å². The Morgan fingerprint density at radius 3 is 2.71 bits per heavy atom. The third-order valence-corrected chi connectivity index (χ3v) is 3.66. The highest BCUT2D eigenvalue weighted by Crippen LogP contribution is 2.25. The fraction of sp³-hybridized carbons (Fsp3) is 0.571. The molecule has 17 heavy (non-hydrogen) atoms. The van der Waals surface area contributed by atoms with Crippen LogP contribution < -0.4 is 0 Å². The topological polar surface area (TPSA) is 3.24 Å². The lowest BCUT2D eigenvalue weighted by Gasteiger charge is -2.28. The minimum absolute atomic E-state index is 0.153. The van der Waals surface area contributed by atoms with Gasteiger partial charge in [-0.1, -0.05) is 25.0 Å². The Morgan fingerprint density at radius 2 is 2.06 bits per heavy atom. The molecule has 3 heteroatoms. The van der Waals surface area contributed by atoms with Crippen molar-refractivity contribution in [2.45, 2.75) is 38.3 Å². The van der Waals surface area contributed by atoms with Crippen LogP contribution in [0.25, 0.3) is 0 Å². The molecule has 0 radical (unpaired) electrons. The van der Waals surface area contributed by atoms with Crippen LogP contribution in [0, 0.1) is 5.82 Å². The molecule has 1 aromatic carbocycles. The minimum Gasteiger partial charge on any atom is -0.295 e. The Kier molecular flexibility index (Phi) is 4.81. The van der Waals surface area contributed by atoms with E-state index in [9.17, 15) is 4.39 Å². The first-order valence-corrected chi connectivity index (χ1v) is 6.87. The summed E-state index contributed by atoms with van der Waals surface area (Å²) in [5.74, 6) is 0.492. The van der Waals surface area contributed by atoms with Crippen LogP contribution in [0.3, 0.4) is 0 Å². The zero-order valence-electron chi connectivity index (χ0n) is 10.0. The maximum absolute atomic E-state index is 13.1. The van der Waals surface area contributed by atoms with E-state index < -0.39 is 0 Å². The quantitative estimate of drug-likeness (QED) is 0.724. The maximum Gasteiger partial charge on any atom is 0.123 e. The standard InChI is InChI=1S/C14H19ClFN/c15-8-9-17(14-6-1-2-7-14)11-12-4-3-5-13(16)10-12/h3-5,10,14H,1-2,6-9,11H2. The third kappa shape index (κ3) is 3.68. The number of hydrogen-bond donors (Lipinski definition) is 0. The van der Waals surface area contributed by atoms with E-state index in [1.165, 1.54) is 31.7 Å². The van der Waals surface area contributed by atoms with Crippen LogP contribution in [-0.2, 0) is 6.54 Å². The Hall–Kier alpha value is -0.600. The van der Waals surface area contributed by atoms with Crippen molar-refractivity contribution < 1.29 is 4.39 Å². The minimum atomic E-state index is -0.153. The summed E-state index contributed by atoms with van der Waals surface area (Å²) in [6.45, 7) is 1.71. The predicted octanol–water partition coefficient (Wildman–Crippen LogP) is 3.81. The normalized spacial score (nSPS) is 16.9. The summed E-state index contributed by atoms with van der Waals surface area (Å²) < 4.78 is 13.1. The van der Waals surface area contributed by atoms with E-state index in [-0.39, 0.29) is 5.82 Å². The number of alkyl halides is 1. The molecule has 0 aliphatic heterocycles. The molecule has 0 amide bonds. The van der Waals surface area contributed by atoms with E-state index in [1.807, 2.05) is 6.07 Å². The fourth-order valence-electron chi connectivity index (χ4n) is 2.64. The molecule has 0 bridgehead atoms. The van der Waals surface area contributed by atoms with E-state index in [2.05, 4.69) is 4.90 Å². The second-order valence-corrected chi connectivity index (χ2v) is 5.11. The molecule has 1 aliphatic rings. The largest absolute Gasteiger partial charge is 0.295 e. The van der Waals surface area contributed by atoms with Gasteiger partial charge in [-0.15, -0.1) is 11.6 Å². The zero-order valence-corrected chi connectivity index (χ0v) is 10.8. The summed E-state index contributed by atoms with van der Waals surface area (Å²) in [6, 6.07) is 7.51. The van der Waals surface area contributed by atoms with Crippen molar-refractivity contribution in [3.05, 3.63) is 35.6 Å². The molecular formula is C14H19ClFN. The molecule has 0 heterocycles. The molecule has 0 aromatic heterocycles. The first kappa shape index (κ1) is 12.8. The van der Waals surface area contributed by atoms with E-state index in [1.54, 1.807) is 12.1 Å². The molecule has 2 rings (SSSR count). The first-order valence-electron chi connectivity index (χ1n) is 6.34. The van der Waals surface area contributed by atoms with Crippen LogP contribution in [0.2, 0.25) is 0 Å². The van der Waals surface area contributed by atoms with Gasteiger partial charge in [-0.2, -0.15) is 0 Å². The van der Waals surface area contributed by atoms with Gasteiger partial charge in [-0.25, -0.2) is 4.39 Å². The Balaban J connectivity index is 2.01. The number of benzene rings is 1. The van der Waals surface area contributed by atoms with Crippen LogP contribution in [0.5, 0.6) is 0 Å². The molecule has 94 valence electrons. The molecule has 1 fully saturated rings. The van der Waals surface area contributed by atoms with Crippen LogP contribution in [0.1, 0.15) is 31.2 Å². The first-order chi connectivity index (χ1) is 8.29. The van der Waals surface area contributed by atoms with Gasteiger partial charge >= 0.3 is 0 Å². The molecule has 1 aromatic rings. The van der Waals surface area contributed by atoms with Crippen LogP contribution in [-0.4, -0.2) is 23.4 Å². The number of nitrogens with zero attached hydrogens (tertiary/aromatic N) is 1. The number of hydrogen-bond acceptors (Lipinski definition) is 1. The van der Waals surface area contributed by atoms with Gasteiger partial charge in [0.05, 0.1) is 0 Å². The summed E-state index contributed by atoms with van der Waals surface area (Å²) >= 11 is 5.86. The number of halogens is 2. The summed E-state index contributed by atoms with van der Waals surface area (Å²) in [7, 11) is 0. The van der Waals surface area contributed by atoms with Crippen LogP contribution >= 0.6 is 11.6 Å². The Morgan fingerprint density at radius 1 is 1.29 bits per heavy atom. The van der Waals surface area contributed by atoms with Crippen molar-refractivity contribution in [3.63, 3.8) is 0 Å². The van der Waals surface area contributed by atoms with Gasteiger partial charge in [0.25, 0.3) is 0 Å². The van der Waals surface area contributed by atoms with E-state index >= 15 is 0 Å². The summed E-state index contributed by atoms with van der Waals surface area (Å²) in [6.07, 6.45) is 5.14. The summed E-state index contributed by atoms with van der Waals surface area (Å²) in [5, 5.41) is 0. The lowest BCUT2D eigenvalue weighted by Crippen LogP contribution is -2.34. The SMILES string of the molecule is Fc1cccc(CN(CCCl)C2CCCC2)c1. The molecule has 1 saturated carbocycles. The molecule has 0 saturated heterocycles. The Labute approximate surface area is 108 Å².